The van der Waals surface area contributed by atoms with Crippen molar-refractivity contribution in [3.63, 3.8) is 0 Å². The van der Waals surface area contributed by atoms with E-state index in [2.05, 4.69) is 20.9 Å². The third-order valence-electron chi connectivity index (χ3n) is 3.40. The van der Waals surface area contributed by atoms with E-state index in [4.69, 9.17) is 0 Å². The number of azo groups is 1. The van der Waals surface area contributed by atoms with Crippen LogP contribution in [0.4, 0.5) is 14.9 Å². The van der Waals surface area contributed by atoms with Gasteiger partial charge in [0.1, 0.15) is 11.9 Å². The lowest BCUT2D eigenvalue weighted by Gasteiger charge is -2.18. The van der Waals surface area contributed by atoms with Crippen LogP contribution >= 0.6 is 0 Å². The summed E-state index contributed by atoms with van der Waals surface area (Å²) in [4.78, 5) is 23.5. The first-order valence-electron chi connectivity index (χ1n) is 6.98. The molecule has 0 aromatic heterocycles. The fourth-order valence-electron chi connectivity index (χ4n) is 2.27. The smallest absolute Gasteiger partial charge is 0.319 e. The first kappa shape index (κ1) is 14.8. The van der Waals surface area contributed by atoms with Crippen molar-refractivity contribution >= 4 is 17.6 Å². The quantitative estimate of drug-likeness (QED) is 0.911. The Balaban J connectivity index is 1.62. The number of fused-ring (bicyclic) bond motifs is 1. The Morgan fingerprint density at radius 2 is 1.87 bits per heavy atom. The van der Waals surface area contributed by atoms with Crippen molar-refractivity contribution in [1.82, 2.24) is 5.32 Å². The SMILES string of the molecule is O=C(NCC1N=NC(=O)c2ccccc21)Nc1ccc(F)cc1. The number of hydrogen-bond donors (Lipinski definition) is 2. The van der Waals surface area contributed by atoms with Gasteiger partial charge in [-0.3, -0.25) is 4.79 Å². The number of urea groups is 1. The minimum Gasteiger partial charge on any atom is -0.335 e. The highest BCUT2D eigenvalue weighted by Gasteiger charge is 2.23. The number of rotatable bonds is 3. The zero-order valence-corrected chi connectivity index (χ0v) is 12.0. The van der Waals surface area contributed by atoms with Crippen molar-refractivity contribution in [2.24, 2.45) is 10.2 Å². The molecule has 0 fully saturated rings. The first-order valence-corrected chi connectivity index (χ1v) is 6.98. The lowest BCUT2D eigenvalue weighted by atomic mass is 9.99. The third-order valence-corrected chi connectivity index (χ3v) is 3.40. The van der Waals surface area contributed by atoms with Gasteiger partial charge in [0.05, 0.1) is 0 Å². The molecule has 1 aliphatic heterocycles. The van der Waals surface area contributed by atoms with Gasteiger partial charge in [0.15, 0.2) is 0 Å². The number of amides is 3. The second kappa shape index (κ2) is 6.35. The Bertz CT molecular complexity index is 774. The molecule has 0 saturated carbocycles. The zero-order valence-electron chi connectivity index (χ0n) is 12.0. The van der Waals surface area contributed by atoms with Crippen LogP contribution in [0, 0.1) is 5.82 Å². The van der Waals surface area contributed by atoms with Crippen LogP contribution in [0.15, 0.2) is 58.8 Å². The molecule has 0 spiro atoms. The number of nitrogens with zero attached hydrogens (tertiary/aromatic N) is 2. The molecule has 0 bridgehead atoms. The van der Waals surface area contributed by atoms with Gasteiger partial charge in [0.25, 0.3) is 5.91 Å². The minimum atomic E-state index is -0.443. The molecule has 2 aromatic carbocycles. The number of halogens is 1. The van der Waals surface area contributed by atoms with Crippen molar-refractivity contribution in [2.75, 3.05) is 11.9 Å². The van der Waals surface area contributed by atoms with E-state index in [0.29, 0.717) is 11.3 Å². The van der Waals surface area contributed by atoms with E-state index in [1.807, 2.05) is 0 Å². The lowest BCUT2D eigenvalue weighted by molar-refractivity contribution is 0.0985. The molecule has 1 aliphatic rings. The number of benzene rings is 2. The molecule has 0 aliphatic carbocycles. The maximum absolute atomic E-state index is 12.8. The molecule has 3 rings (SSSR count). The van der Waals surface area contributed by atoms with Crippen LogP contribution in [-0.2, 0) is 0 Å². The average molecular weight is 312 g/mol. The van der Waals surface area contributed by atoms with E-state index in [9.17, 15) is 14.0 Å². The molecular weight excluding hydrogens is 299 g/mol. The fourth-order valence-corrected chi connectivity index (χ4v) is 2.27. The van der Waals surface area contributed by atoms with Crippen LogP contribution in [-0.4, -0.2) is 18.5 Å². The van der Waals surface area contributed by atoms with Crippen LogP contribution in [0.1, 0.15) is 22.0 Å². The summed E-state index contributed by atoms with van der Waals surface area (Å²) in [6.45, 7) is 0.195. The molecule has 2 N–H and O–H groups in total. The van der Waals surface area contributed by atoms with Gasteiger partial charge in [0.2, 0.25) is 0 Å². The highest BCUT2D eigenvalue weighted by atomic mass is 19.1. The Morgan fingerprint density at radius 3 is 2.65 bits per heavy atom. The van der Waals surface area contributed by atoms with Crippen molar-refractivity contribution in [3.05, 3.63) is 65.5 Å². The molecule has 23 heavy (non-hydrogen) atoms. The van der Waals surface area contributed by atoms with Crippen LogP contribution in [0.5, 0.6) is 0 Å². The van der Waals surface area contributed by atoms with Gasteiger partial charge in [-0.25, -0.2) is 9.18 Å². The van der Waals surface area contributed by atoms with Gasteiger partial charge in [-0.1, -0.05) is 18.2 Å². The van der Waals surface area contributed by atoms with Crippen LogP contribution in [0.2, 0.25) is 0 Å². The van der Waals surface area contributed by atoms with Gasteiger partial charge >= 0.3 is 6.03 Å². The Hall–Kier alpha value is -3.09. The summed E-state index contributed by atoms with van der Waals surface area (Å²) in [7, 11) is 0. The molecule has 2 aromatic rings. The predicted molar refractivity (Wildman–Crippen MR) is 81.8 cm³/mol. The van der Waals surface area contributed by atoms with Crippen LogP contribution in [0.3, 0.4) is 0 Å². The molecule has 1 unspecified atom stereocenters. The molecule has 7 heteroatoms. The highest BCUT2D eigenvalue weighted by molar-refractivity contribution is 5.97. The second-order valence-corrected chi connectivity index (χ2v) is 4.97. The van der Waals surface area contributed by atoms with Gasteiger partial charge in [-0.15, -0.1) is 5.11 Å². The summed E-state index contributed by atoms with van der Waals surface area (Å²) in [6, 6.07) is 11.6. The average Bonchev–Trinajstić information content (AvgIpc) is 2.57. The van der Waals surface area contributed by atoms with Crippen LogP contribution < -0.4 is 10.6 Å². The second-order valence-electron chi connectivity index (χ2n) is 4.97. The topological polar surface area (TPSA) is 82.9 Å². The zero-order chi connectivity index (χ0) is 16.2. The fraction of sp³-hybridized carbons (Fsp3) is 0.125. The van der Waals surface area contributed by atoms with E-state index in [-0.39, 0.29) is 18.3 Å². The molecular formula is C16H13FN4O2. The normalized spacial score (nSPS) is 15.9. The molecule has 1 atom stereocenters. The molecule has 3 amide bonds. The lowest BCUT2D eigenvalue weighted by Crippen LogP contribution is -2.32. The number of nitrogens with one attached hydrogen (secondary N) is 2. The summed E-state index contributed by atoms with van der Waals surface area (Å²) in [5.74, 6) is -0.757. The maximum Gasteiger partial charge on any atom is 0.319 e. The number of anilines is 1. The van der Waals surface area contributed by atoms with Gasteiger partial charge in [0, 0.05) is 17.8 Å². The van der Waals surface area contributed by atoms with E-state index >= 15 is 0 Å². The van der Waals surface area contributed by atoms with E-state index in [0.717, 1.165) is 5.56 Å². The number of carbonyl (C=O) groups excluding carboxylic acids is 2. The number of hydrogen-bond acceptors (Lipinski definition) is 3. The van der Waals surface area contributed by atoms with Crippen molar-refractivity contribution in [2.45, 2.75) is 6.04 Å². The van der Waals surface area contributed by atoms with E-state index < -0.39 is 12.1 Å². The summed E-state index contributed by atoms with van der Waals surface area (Å²) in [6.07, 6.45) is 0. The summed E-state index contributed by atoms with van der Waals surface area (Å²) in [5, 5.41) is 12.8. The summed E-state index contributed by atoms with van der Waals surface area (Å²) < 4.78 is 12.8. The minimum absolute atomic E-state index is 0.195. The van der Waals surface area contributed by atoms with Crippen LogP contribution in [0.25, 0.3) is 0 Å². The predicted octanol–water partition coefficient (Wildman–Crippen LogP) is 3.29. The Morgan fingerprint density at radius 1 is 1.13 bits per heavy atom. The van der Waals surface area contributed by atoms with E-state index in [1.54, 1.807) is 24.3 Å². The van der Waals surface area contributed by atoms with E-state index in [1.165, 1.54) is 24.3 Å². The number of carbonyl (C=O) groups is 2. The first-order chi connectivity index (χ1) is 11.1. The van der Waals surface area contributed by atoms with Gasteiger partial charge in [-0.05, 0) is 35.9 Å². The Labute approximate surface area is 131 Å². The molecule has 0 saturated heterocycles. The molecule has 0 radical (unpaired) electrons. The molecule has 116 valence electrons. The van der Waals surface area contributed by atoms with Gasteiger partial charge in [-0.2, -0.15) is 5.11 Å². The highest BCUT2D eigenvalue weighted by Crippen LogP contribution is 2.26. The van der Waals surface area contributed by atoms with Gasteiger partial charge < -0.3 is 10.6 Å². The Kier molecular flexibility index (Phi) is 4.09. The molecule has 6 nitrogen and oxygen atoms in total. The standard InChI is InChI=1S/C16H13FN4O2/c17-10-5-7-11(8-6-10)19-16(23)18-9-14-12-3-1-2-4-13(12)15(22)21-20-14/h1-8,14H,9H2,(H2,18,19,23). The molecule has 1 heterocycles. The van der Waals surface area contributed by atoms with Crippen molar-refractivity contribution in [3.8, 4) is 0 Å². The summed E-state index contributed by atoms with van der Waals surface area (Å²) >= 11 is 0. The third kappa shape index (κ3) is 3.39. The summed E-state index contributed by atoms with van der Waals surface area (Å²) in [5.41, 5.74) is 1.70. The maximum atomic E-state index is 12.8. The monoisotopic (exact) mass is 312 g/mol. The van der Waals surface area contributed by atoms with Crippen molar-refractivity contribution in [1.29, 1.82) is 0 Å². The van der Waals surface area contributed by atoms with Crippen molar-refractivity contribution < 1.29 is 14.0 Å². The largest absolute Gasteiger partial charge is 0.335 e.